The molecular weight excluding hydrogens is 256 g/mol. The molecule has 1 rings (SSSR count). The molecule has 0 aliphatic rings. The molecule has 0 bridgehead atoms. The average Bonchev–Trinajstić information content (AvgIpc) is 2.43. The second kappa shape index (κ2) is 9.35. The van der Waals surface area contributed by atoms with E-state index in [0.717, 1.165) is 31.1 Å². The lowest BCUT2D eigenvalue weighted by Gasteiger charge is -2.20. The minimum atomic E-state index is 0.412. The van der Waals surface area contributed by atoms with Gasteiger partial charge in [-0.15, -0.1) is 0 Å². The van der Waals surface area contributed by atoms with E-state index in [1.807, 2.05) is 12.1 Å². The third-order valence-electron chi connectivity index (χ3n) is 3.60. The Morgan fingerprint density at radius 3 is 2.53 bits per heavy atom. The second-order valence-electron chi connectivity index (χ2n) is 4.85. The Kier molecular flexibility index (Phi) is 8.11. The van der Waals surface area contributed by atoms with Crippen LogP contribution < -0.4 is 5.32 Å². The maximum atomic E-state index is 6.05. The predicted molar refractivity (Wildman–Crippen MR) is 84.9 cm³/mol. The van der Waals surface area contributed by atoms with Crippen molar-refractivity contribution in [2.45, 2.75) is 39.7 Å². The first kappa shape index (κ1) is 16.5. The molecule has 0 saturated heterocycles. The Balaban J connectivity index is 2.37. The van der Waals surface area contributed by atoms with E-state index in [1.54, 1.807) is 0 Å². The highest BCUT2D eigenvalue weighted by atomic mass is 35.5. The van der Waals surface area contributed by atoms with Gasteiger partial charge in [-0.2, -0.15) is 0 Å². The molecule has 0 aromatic heterocycles. The van der Waals surface area contributed by atoms with Crippen LogP contribution in [0.5, 0.6) is 0 Å². The summed E-state index contributed by atoms with van der Waals surface area (Å²) in [6.45, 7) is 11.2. The topological polar surface area (TPSA) is 15.3 Å². The van der Waals surface area contributed by atoms with Crippen molar-refractivity contribution in [2.24, 2.45) is 0 Å². The summed E-state index contributed by atoms with van der Waals surface area (Å²) < 4.78 is 0. The van der Waals surface area contributed by atoms with Gasteiger partial charge < -0.3 is 10.2 Å². The Labute approximate surface area is 123 Å². The minimum Gasteiger partial charge on any atom is -0.310 e. The molecule has 1 atom stereocenters. The highest BCUT2D eigenvalue weighted by Crippen LogP contribution is 2.20. The van der Waals surface area contributed by atoms with E-state index in [9.17, 15) is 0 Å². The SMILES string of the molecule is CCC(NCCCN(CC)CC)c1cccc(Cl)c1. The van der Waals surface area contributed by atoms with E-state index in [4.69, 9.17) is 11.6 Å². The van der Waals surface area contributed by atoms with Crippen LogP contribution in [0.15, 0.2) is 24.3 Å². The molecule has 0 amide bonds. The van der Waals surface area contributed by atoms with Crippen LogP contribution in [-0.2, 0) is 0 Å². The van der Waals surface area contributed by atoms with Crippen LogP contribution >= 0.6 is 11.6 Å². The second-order valence-corrected chi connectivity index (χ2v) is 5.29. The monoisotopic (exact) mass is 282 g/mol. The quantitative estimate of drug-likeness (QED) is 0.686. The van der Waals surface area contributed by atoms with Crippen molar-refractivity contribution in [3.05, 3.63) is 34.9 Å². The third kappa shape index (κ3) is 5.94. The Bertz CT molecular complexity index is 350. The summed E-state index contributed by atoms with van der Waals surface area (Å²) in [6, 6.07) is 8.58. The molecular formula is C16H27ClN2. The third-order valence-corrected chi connectivity index (χ3v) is 3.83. The number of hydrogen-bond acceptors (Lipinski definition) is 2. The van der Waals surface area contributed by atoms with Gasteiger partial charge in [0.25, 0.3) is 0 Å². The summed E-state index contributed by atoms with van der Waals surface area (Å²) in [4.78, 5) is 2.46. The lowest BCUT2D eigenvalue weighted by atomic mass is 10.0. The van der Waals surface area contributed by atoms with E-state index in [0.29, 0.717) is 6.04 Å². The minimum absolute atomic E-state index is 0.412. The first-order chi connectivity index (χ1) is 9.21. The van der Waals surface area contributed by atoms with Crippen LogP contribution in [0, 0.1) is 0 Å². The highest BCUT2D eigenvalue weighted by Gasteiger charge is 2.08. The van der Waals surface area contributed by atoms with Gasteiger partial charge in [-0.25, -0.2) is 0 Å². The van der Waals surface area contributed by atoms with Crippen LogP contribution in [0.2, 0.25) is 5.02 Å². The fourth-order valence-corrected chi connectivity index (χ4v) is 2.54. The lowest BCUT2D eigenvalue weighted by molar-refractivity contribution is 0.295. The molecule has 0 radical (unpaired) electrons. The zero-order chi connectivity index (χ0) is 14.1. The first-order valence-electron chi connectivity index (χ1n) is 7.42. The van der Waals surface area contributed by atoms with Crippen molar-refractivity contribution in [3.63, 3.8) is 0 Å². The first-order valence-corrected chi connectivity index (χ1v) is 7.80. The number of nitrogens with one attached hydrogen (secondary N) is 1. The van der Waals surface area contributed by atoms with Gasteiger partial charge in [0.05, 0.1) is 0 Å². The summed E-state index contributed by atoms with van der Waals surface area (Å²) in [7, 11) is 0. The normalized spacial score (nSPS) is 12.9. The number of rotatable bonds is 9. The maximum absolute atomic E-state index is 6.05. The molecule has 108 valence electrons. The van der Waals surface area contributed by atoms with Crippen molar-refractivity contribution in [2.75, 3.05) is 26.2 Å². The lowest BCUT2D eigenvalue weighted by Crippen LogP contribution is -2.28. The van der Waals surface area contributed by atoms with Gasteiger partial charge in [0.1, 0.15) is 0 Å². The summed E-state index contributed by atoms with van der Waals surface area (Å²) in [6.07, 6.45) is 2.28. The van der Waals surface area contributed by atoms with Crippen LogP contribution in [-0.4, -0.2) is 31.1 Å². The standard InChI is InChI=1S/C16H27ClN2/c1-4-16(14-9-7-10-15(17)13-14)18-11-8-12-19(5-2)6-3/h7,9-10,13,16,18H,4-6,8,11-12H2,1-3H3. The van der Waals surface area contributed by atoms with Gasteiger partial charge in [-0.05, 0) is 56.7 Å². The van der Waals surface area contributed by atoms with Crippen molar-refractivity contribution >= 4 is 11.6 Å². The van der Waals surface area contributed by atoms with Crippen LogP contribution in [0.3, 0.4) is 0 Å². The van der Waals surface area contributed by atoms with E-state index in [2.05, 4.69) is 43.1 Å². The van der Waals surface area contributed by atoms with E-state index < -0.39 is 0 Å². The Hall–Kier alpha value is -0.570. The number of nitrogens with zero attached hydrogens (tertiary/aromatic N) is 1. The molecule has 3 heteroatoms. The average molecular weight is 283 g/mol. The van der Waals surface area contributed by atoms with Gasteiger partial charge in [0.15, 0.2) is 0 Å². The zero-order valence-electron chi connectivity index (χ0n) is 12.5. The molecule has 0 spiro atoms. The molecule has 19 heavy (non-hydrogen) atoms. The number of benzene rings is 1. The molecule has 1 N–H and O–H groups in total. The van der Waals surface area contributed by atoms with Crippen LogP contribution in [0.4, 0.5) is 0 Å². The van der Waals surface area contributed by atoms with Crippen molar-refractivity contribution < 1.29 is 0 Å². The van der Waals surface area contributed by atoms with E-state index in [-0.39, 0.29) is 0 Å². The number of halogens is 1. The summed E-state index contributed by atoms with van der Waals surface area (Å²) >= 11 is 6.05. The molecule has 0 saturated carbocycles. The molecule has 0 fully saturated rings. The smallest absolute Gasteiger partial charge is 0.0409 e. The van der Waals surface area contributed by atoms with Gasteiger partial charge in [0.2, 0.25) is 0 Å². The van der Waals surface area contributed by atoms with Crippen molar-refractivity contribution in [3.8, 4) is 0 Å². The van der Waals surface area contributed by atoms with Gasteiger partial charge >= 0.3 is 0 Å². The zero-order valence-corrected chi connectivity index (χ0v) is 13.2. The molecule has 1 aromatic rings. The molecule has 0 heterocycles. The van der Waals surface area contributed by atoms with Crippen molar-refractivity contribution in [1.29, 1.82) is 0 Å². The van der Waals surface area contributed by atoms with E-state index >= 15 is 0 Å². The number of hydrogen-bond donors (Lipinski definition) is 1. The van der Waals surface area contributed by atoms with Gasteiger partial charge in [0, 0.05) is 11.1 Å². The maximum Gasteiger partial charge on any atom is 0.0409 e. The molecule has 0 aliphatic carbocycles. The molecule has 1 aromatic carbocycles. The summed E-state index contributed by atoms with van der Waals surface area (Å²) in [5.41, 5.74) is 1.29. The summed E-state index contributed by atoms with van der Waals surface area (Å²) in [5, 5.41) is 4.45. The van der Waals surface area contributed by atoms with Crippen LogP contribution in [0.25, 0.3) is 0 Å². The Morgan fingerprint density at radius 2 is 1.95 bits per heavy atom. The van der Waals surface area contributed by atoms with E-state index in [1.165, 1.54) is 18.5 Å². The largest absolute Gasteiger partial charge is 0.310 e. The fraction of sp³-hybridized carbons (Fsp3) is 0.625. The van der Waals surface area contributed by atoms with Gasteiger partial charge in [-0.1, -0.05) is 44.5 Å². The van der Waals surface area contributed by atoms with Crippen molar-refractivity contribution in [1.82, 2.24) is 10.2 Å². The molecule has 0 aliphatic heterocycles. The predicted octanol–water partition coefficient (Wildman–Crippen LogP) is 4.11. The Morgan fingerprint density at radius 1 is 1.21 bits per heavy atom. The fourth-order valence-electron chi connectivity index (χ4n) is 2.34. The highest BCUT2D eigenvalue weighted by molar-refractivity contribution is 6.30. The molecule has 1 unspecified atom stereocenters. The summed E-state index contributed by atoms with van der Waals surface area (Å²) in [5.74, 6) is 0. The molecule has 2 nitrogen and oxygen atoms in total. The van der Waals surface area contributed by atoms with Gasteiger partial charge in [-0.3, -0.25) is 0 Å². The van der Waals surface area contributed by atoms with Crippen LogP contribution in [0.1, 0.15) is 45.2 Å².